The minimum atomic E-state index is -0.844. The van der Waals surface area contributed by atoms with E-state index in [1.165, 1.54) is 0 Å². The molecule has 0 aliphatic heterocycles. The second kappa shape index (κ2) is 11.6. The van der Waals surface area contributed by atoms with Crippen LogP contribution in [-0.4, -0.2) is 29.8 Å². The summed E-state index contributed by atoms with van der Waals surface area (Å²) >= 11 is 0. The molecule has 2 heterocycles. The van der Waals surface area contributed by atoms with Crippen molar-refractivity contribution in [3.05, 3.63) is 180 Å². The highest BCUT2D eigenvalue weighted by atomic mass is 15.6. The van der Waals surface area contributed by atoms with Crippen LogP contribution in [0.2, 0.25) is 0 Å². The van der Waals surface area contributed by atoms with E-state index < -0.39 is 5.54 Å². The molecule has 210 valence electrons. The number of aromatic nitrogens is 6. The number of tetrazole rings is 1. The second-order valence-electron chi connectivity index (χ2n) is 10.5. The third-order valence-corrected chi connectivity index (χ3v) is 7.97. The van der Waals surface area contributed by atoms with Crippen molar-refractivity contribution in [2.45, 2.75) is 12.1 Å². The van der Waals surface area contributed by atoms with E-state index in [1.54, 1.807) is 12.5 Å². The summed E-state index contributed by atoms with van der Waals surface area (Å²) < 4.78 is 3.80. The van der Waals surface area contributed by atoms with Gasteiger partial charge in [0.2, 0.25) is 0 Å². The molecule has 7 heteroatoms. The summed E-state index contributed by atoms with van der Waals surface area (Å²) in [7, 11) is 0. The molecule has 5 aromatic carbocycles. The van der Waals surface area contributed by atoms with Gasteiger partial charge in [0.1, 0.15) is 17.3 Å². The molecular weight excluding hydrogens is 542 g/mol. The standard InChI is InChI=1S/C37H27N7/c38-24-33-25-39-27-43(33)26-28-20-22-29(23-21-28)34-18-10-11-19-35(34)36-40-41-42-44(36)37(30-12-4-1-5-13-30,31-14-6-2-7-15-31)32-16-8-3-9-17-32/h1-23,25,27H,26H2. The molecule has 0 amide bonds. The quantitative estimate of drug-likeness (QED) is 0.185. The van der Waals surface area contributed by atoms with Gasteiger partial charge in [0.15, 0.2) is 5.82 Å². The number of nitrogens with zero attached hydrogens (tertiary/aromatic N) is 7. The van der Waals surface area contributed by atoms with E-state index in [9.17, 15) is 5.26 Å². The van der Waals surface area contributed by atoms with Gasteiger partial charge in [0.05, 0.1) is 12.5 Å². The first-order valence-corrected chi connectivity index (χ1v) is 14.3. The largest absolute Gasteiger partial charge is 0.318 e. The number of hydrogen-bond acceptors (Lipinski definition) is 5. The summed E-state index contributed by atoms with van der Waals surface area (Å²) in [4.78, 5) is 4.11. The van der Waals surface area contributed by atoms with Gasteiger partial charge < -0.3 is 4.57 Å². The van der Waals surface area contributed by atoms with Gasteiger partial charge in [-0.15, -0.1) is 5.10 Å². The zero-order valence-electron chi connectivity index (χ0n) is 23.8. The van der Waals surface area contributed by atoms with Crippen molar-refractivity contribution in [1.82, 2.24) is 29.8 Å². The molecule has 0 saturated heterocycles. The number of hydrogen-bond donors (Lipinski definition) is 0. The molecule has 44 heavy (non-hydrogen) atoms. The van der Waals surface area contributed by atoms with Crippen LogP contribution in [-0.2, 0) is 12.1 Å². The zero-order valence-corrected chi connectivity index (χ0v) is 23.8. The maximum absolute atomic E-state index is 9.37. The first-order chi connectivity index (χ1) is 21.8. The van der Waals surface area contributed by atoms with E-state index in [0.717, 1.165) is 38.9 Å². The SMILES string of the molecule is N#Cc1cncn1Cc1ccc(-c2ccccc2-c2nnnn2C(c2ccccc2)(c2ccccc2)c2ccccc2)cc1. The maximum atomic E-state index is 9.37. The number of imidazole rings is 1. The van der Waals surface area contributed by atoms with Gasteiger partial charge in [-0.25, -0.2) is 9.67 Å². The molecule has 7 aromatic rings. The third-order valence-electron chi connectivity index (χ3n) is 7.97. The molecule has 0 unspecified atom stereocenters. The summed E-state index contributed by atoms with van der Waals surface area (Å²) in [5, 5.41) is 23.0. The molecule has 0 bridgehead atoms. The van der Waals surface area contributed by atoms with Crippen molar-refractivity contribution in [3.63, 3.8) is 0 Å². The number of nitriles is 1. The Morgan fingerprint density at radius 1 is 0.636 bits per heavy atom. The molecule has 0 spiro atoms. The van der Waals surface area contributed by atoms with Crippen molar-refractivity contribution in [2.24, 2.45) is 0 Å². The summed E-state index contributed by atoms with van der Waals surface area (Å²) in [6.45, 7) is 0.566. The minimum absolute atomic E-state index is 0.532. The Morgan fingerprint density at radius 2 is 1.18 bits per heavy atom. The van der Waals surface area contributed by atoms with Crippen LogP contribution in [0.4, 0.5) is 0 Å². The lowest BCUT2D eigenvalue weighted by atomic mass is 9.77. The number of benzene rings is 5. The van der Waals surface area contributed by atoms with E-state index in [4.69, 9.17) is 5.21 Å². The van der Waals surface area contributed by atoms with Crippen molar-refractivity contribution in [3.8, 4) is 28.6 Å². The van der Waals surface area contributed by atoms with E-state index in [2.05, 4.69) is 131 Å². The van der Waals surface area contributed by atoms with Crippen LogP contribution in [0.3, 0.4) is 0 Å². The fourth-order valence-corrected chi connectivity index (χ4v) is 5.94. The molecule has 7 rings (SSSR count). The van der Waals surface area contributed by atoms with Gasteiger partial charge >= 0.3 is 0 Å². The molecule has 0 saturated carbocycles. The van der Waals surface area contributed by atoms with Gasteiger partial charge in [0.25, 0.3) is 0 Å². The fourth-order valence-electron chi connectivity index (χ4n) is 5.94. The highest BCUT2D eigenvalue weighted by molar-refractivity contribution is 5.81. The van der Waals surface area contributed by atoms with Crippen LogP contribution in [0.5, 0.6) is 0 Å². The number of rotatable bonds is 8. The van der Waals surface area contributed by atoms with Crippen LogP contribution in [0, 0.1) is 11.3 Å². The third kappa shape index (κ3) is 4.65. The maximum Gasteiger partial charge on any atom is 0.184 e. The van der Waals surface area contributed by atoms with Crippen LogP contribution in [0.25, 0.3) is 22.5 Å². The van der Waals surface area contributed by atoms with E-state index >= 15 is 0 Å². The lowest BCUT2D eigenvalue weighted by Crippen LogP contribution is -2.39. The van der Waals surface area contributed by atoms with Crippen molar-refractivity contribution in [2.75, 3.05) is 0 Å². The summed E-state index contributed by atoms with van der Waals surface area (Å²) in [5.41, 5.74) is 6.86. The average molecular weight is 570 g/mol. The summed E-state index contributed by atoms with van der Waals surface area (Å²) in [6.07, 6.45) is 3.26. The average Bonchev–Trinajstić information content (AvgIpc) is 3.77. The molecule has 0 fully saturated rings. The van der Waals surface area contributed by atoms with Gasteiger partial charge in [-0.1, -0.05) is 140 Å². The Kier molecular flexibility index (Phi) is 7.07. The van der Waals surface area contributed by atoms with Crippen molar-refractivity contribution in [1.29, 1.82) is 5.26 Å². The molecule has 7 nitrogen and oxygen atoms in total. The van der Waals surface area contributed by atoms with Crippen LogP contribution in [0.15, 0.2) is 152 Å². The lowest BCUT2D eigenvalue weighted by Gasteiger charge is -2.36. The Balaban J connectivity index is 1.39. The zero-order chi connectivity index (χ0) is 29.8. The van der Waals surface area contributed by atoms with E-state index in [1.807, 2.05) is 39.6 Å². The van der Waals surface area contributed by atoms with Crippen LogP contribution in [0.1, 0.15) is 27.9 Å². The van der Waals surface area contributed by atoms with Crippen LogP contribution < -0.4 is 0 Å². The predicted molar refractivity (Wildman–Crippen MR) is 169 cm³/mol. The molecule has 0 aliphatic rings. The van der Waals surface area contributed by atoms with Crippen molar-refractivity contribution >= 4 is 0 Å². The smallest absolute Gasteiger partial charge is 0.184 e. The fraction of sp³-hybridized carbons (Fsp3) is 0.0541. The predicted octanol–water partition coefficient (Wildman–Crippen LogP) is 6.96. The minimum Gasteiger partial charge on any atom is -0.318 e. The first kappa shape index (κ1) is 26.7. The Bertz CT molecular complexity index is 1940. The Labute approximate surface area is 255 Å². The molecule has 0 radical (unpaired) electrons. The highest BCUT2D eigenvalue weighted by Crippen LogP contribution is 2.43. The van der Waals surface area contributed by atoms with Gasteiger partial charge in [-0.05, 0) is 43.8 Å². The summed E-state index contributed by atoms with van der Waals surface area (Å²) in [6, 6.07) is 50.0. The Morgan fingerprint density at radius 3 is 1.75 bits per heavy atom. The lowest BCUT2D eigenvalue weighted by molar-refractivity contribution is 0.451. The van der Waals surface area contributed by atoms with E-state index in [-0.39, 0.29) is 0 Å². The molecule has 0 atom stereocenters. The normalized spacial score (nSPS) is 11.2. The molecule has 2 aromatic heterocycles. The summed E-state index contributed by atoms with van der Waals surface area (Å²) in [5.74, 6) is 0.651. The Hall–Kier alpha value is -6.13. The van der Waals surface area contributed by atoms with Gasteiger partial charge in [-0.2, -0.15) is 5.26 Å². The van der Waals surface area contributed by atoms with Gasteiger partial charge in [0, 0.05) is 12.1 Å². The van der Waals surface area contributed by atoms with E-state index in [0.29, 0.717) is 18.1 Å². The van der Waals surface area contributed by atoms with Crippen LogP contribution >= 0.6 is 0 Å². The first-order valence-electron chi connectivity index (χ1n) is 14.3. The molecule has 0 N–H and O–H groups in total. The van der Waals surface area contributed by atoms with Gasteiger partial charge in [-0.3, -0.25) is 0 Å². The monoisotopic (exact) mass is 569 g/mol. The molecule has 0 aliphatic carbocycles. The van der Waals surface area contributed by atoms with Crippen molar-refractivity contribution < 1.29 is 0 Å². The molecular formula is C37H27N7. The highest BCUT2D eigenvalue weighted by Gasteiger charge is 2.42. The topological polar surface area (TPSA) is 85.2 Å². The second-order valence-corrected chi connectivity index (χ2v) is 10.5.